The van der Waals surface area contributed by atoms with Gasteiger partial charge in [-0.3, -0.25) is 0 Å². The average Bonchev–Trinajstić information content (AvgIpc) is 2.16. The molecule has 1 nitrogen and oxygen atoms in total. The van der Waals surface area contributed by atoms with Crippen molar-refractivity contribution in [1.82, 2.24) is 0 Å². The minimum Gasteiger partial charge on any atom is -0.392 e. The average molecular weight is 212 g/mol. The van der Waals surface area contributed by atoms with Gasteiger partial charge in [-0.15, -0.1) is 0 Å². The normalized spacial score (nSPS) is 12.3. The summed E-state index contributed by atoms with van der Waals surface area (Å²) >= 11 is 0. The zero-order valence-electron chi connectivity index (χ0n) is 8.80. The molecule has 0 aliphatic heterocycles. The maximum Gasteiger partial charge on any atom is 0.133 e. The molecule has 1 aromatic rings. The van der Waals surface area contributed by atoms with Crippen molar-refractivity contribution in [1.29, 1.82) is 0 Å². The topological polar surface area (TPSA) is 20.2 Å². The van der Waals surface area contributed by atoms with Crippen molar-refractivity contribution in [3.05, 3.63) is 41.0 Å². The zero-order chi connectivity index (χ0) is 11.4. The summed E-state index contributed by atoms with van der Waals surface area (Å²) in [5.74, 6) is -1.07. The van der Waals surface area contributed by atoms with Crippen LogP contribution in [0.25, 0.3) is 6.08 Å². The minimum atomic E-state index is -0.610. The van der Waals surface area contributed by atoms with Crippen LogP contribution in [0, 0.1) is 17.6 Å². The fourth-order valence-electron chi connectivity index (χ4n) is 1.21. The number of benzene rings is 1. The van der Waals surface area contributed by atoms with Gasteiger partial charge in [-0.2, -0.15) is 0 Å². The lowest BCUT2D eigenvalue weighted by Gasteiger charge is -2.08. The SMILES string of the molecule is CC(C)C(=Cc1ccc(F)cc1F)CO. The standard InChI is InChI=1S/C12H14F2O/c1-8(2)10(7-15)5-9-3-4-11(13)6-12(9)14/h3-6,8,15H,7H2,1-2H3. The molecule has 3 heteroatoms. The number of aliphatic hydroxyl groups excluding tert-OH is 1. The van der Waals surface area contributed by atoms with Gasteiger partial charge in [-0.1, -0.05) is 19.9 Å². The highest BCUT2D eigenvalue weighted by Gasteiger charge is 2.05. The van der Waals surface area contributed by atoms with Crippen LogP contribution in [-0.4, -0.2) is 11.7 Å². The van der Waals surface area contributed by atoms with E-state index in [4.69, 9.17) is 5.11 Å². The third kappa shape index (κ3) is 3.13. The summed E-state index contributed by atoms with van der Waals surface area (Å²) in [7, 11) is 0. The maximum absolute atomic E-state index is 13.2. The number of rotatable bonds is 3. The third-order valence-corrected chi connectivity index (χ3v) is 2.23. The minimum absolute atomic E-state index is 0.117. The molecule has 1 N–H and O–H groups in total. The van der Waals surface area contributed by atoms with E-state index in [0.29, 0.717) is 5.56 Å². The largest absolute Gasteiger partial charge is 0.392 e. The summed E-state index contributed by atoms with van der Waals surface area (Å²) < 4.78 is 25.9. The number of hydrogen-bond acceptors (Lipinski definition) is 1. The molecule has 0 aliphatic rings. The lowest BCUT2D eigenvalue weighted by Crippen LogP contribution is -1.99. The lowest BCUT2D eigenvalue weighted by molar-refractivity contribution is 0.320. The molecule has 0 radical (unpaired) electrons. The highest BCUT2D eigenvalue weighted by atomic mass is 19.1. The Balaban J connectivity index is 3.06. The van der Waals surface area contributed by atoms with Gasteiger partial charge in [0.1, 0.15) is 11.6 Å². The van der Waals surface area contributed by atoms with Crippen molar-refractivity contribution >= 4 is 6.08 Å². The van der Waals surface area contributed by atoms with Gasteiger partial charge in [0.15, 0.2) is 0 Å². The van der Waals surface area contributed by atoms with E-state index in [1.165, 1.54) is 12.1 Å². The van der Waals surface area contributed by atoms with Crippen molar-refractivity contribution in [3.63, 3.8) is 0 Å². The maximum atomic E-state index is 13.2. The summed E-state index contributed by atoms with van der Waals surface area (Å²) in [4.78, 5) is 0. The van der Waals surface area contributed by atoms with Crippen molar-refractivity contribution in [2.24, 2.45) is 5.92 Å². The molecule has 0 bridgehead atoms. The van der Waals surface area contributed by atoms with Gasteiger partial charge < -0.3 is 5.11 Å². The molecule has 0 saturated heterocycles. The molecule has 0 amide bonds. The van der Waals surface area contributed by atoms with Crippen LogP contribution in [0.4, 0.5) is 8.78 Å². The van der Waals surface area contributed by atoms with E-state index in [9.17, 15) is 8.78 Å². The second-order valence-corrected chi connectivity index (χ2v) is 3.70. The fraction of sp³-hybridized carbons (Fsp3) is 0.333. The third-order valence-electron chi connectivity index (χ3n) is 2.23. The van der Waals surface area contributed by atoms with Crippen LogP contribution >= 0.6 is 0 Å². The Hall–Kier alpha value is -1.22. The monoisotopic (exact) mass is 212 g/mol. The lowest BCUT2D eigenvalue weighted by atomic mass is 10.0. The van der Waals surface area contributed by atoms with Crippen molar-refractivity contribution in [2.75, 3.05) is 6.61 Å². The van der Waals surface area contributed by atoms with E-state index in [1.54, 1.807) is 6.08 Å². The molecular formula is C12H14F2O. The Morgan fingerprint density at radius 1 is 1.40 bits per heavy atom. The molecule has 82 valence electrons. The van der Waals surface area contributed by atoms with Crippen molar-refractivity contribution in [2.45, 2.75) is 13.8 Å². The number of hydrogen-bond donors (Lipinski definition) is 1. The van der Waals surface area contributed by atoms with Crippen molar-refractivity contribution < 1.29 is 13.9 Å². The van der Waals surface area contributed by atoms with Gasteiger partial charge in [-0.05, 0) is 23.6 Å². The van der Waals surface area contributed by atoms with E-state index >= 15 is 0 Å². The van der Waals surface area contributed by atoms with E-state index in [1.807, 2.05) is 13.8 Å². The summed E-state index contributed by atoms with van der Waals surface area (Å²) in [5.41, 5.74) is 1.02. The Morgan fingerprint density at radius 2 is 2.07 bits per heavy atom. The Morgan fingerprint density at radius 3 is 2.53 bits per heavy atom. The molecule has 0 saturated carbocycles. The highest BCUT2D eigenvalue weighted by molar-refractivity contribution is 5.54. The second-order valence-electron chi connectivity index (χ2n) is 3.70. The smallest absolute Gasteiger partial charge is 0.133 e. The first-order chi connectivity index (χ1) is 7.04. The molecule has 1 rings (SSSR count). The van der Waals surface area contributed by atoms with E-state index < -0.39 is 11.6 Å². The number of halogens is 2. The number of aliphatic hydroxyl groups is 1. The van der Waals surface area contributed by atoms with Crippen LogP contribution in [0.2, 0.25) is 0 Å². The molecular weight excluding hydrogens is 198 g/mol. The fourth-order valence-corrected chi connectivity index (χ4v) is 1.21. The van der Waals surface area contributed by atoms with Crippen LogP contribution in [0.15, 0.2) is 23.8 Å². The van der Waals surface area contributed by atoms with E-state index in [-0.39, 0.29) is 12.5 Å². The molecule has 0 unspecified atom stereocenters. The highest BCUT2D eigenvalue weighted by Crippen LogP contribution is 2.17. The van der Waals surface area contributed by atoms with Crippen LogP contribution in [0.1, 0.15) is 19.4 Å². The summed E-state index contributed by atoms with van der Waals surface area (Å²) in [6, 6.07) is 3.40. The van der Waals surface area contributed by atoms with Gasteiger partial charge in [0, 0.05) is 11.6 Å². The molecule has 0 fully saturated rings. The van der Waals surface area contributed by atoms with E-state index in [0.717, 1.165) is 11.6 Å². The van der Waals surface area contributed by atoms with E-state index in [2.05, 4.69) is 0 Å². The molecule has 1 aromatic carbocycles. The molecule has 0 atom stereocenters. The predicted octanol–water partition coefficient (Wildman–Crippen LogP) is 3.00. The second kappa shape index (κ2) is 5.03. The summed E-state index contributed by atoms with van der Waals surface area (Å²) in [5, 5.41) is 9.04. The first-order valence-electron chi connectivity index (χ1n) is 4.81. The molecule has 0 heterocycles. The Labute approximate surface area is 88.1 Å². The van der Waals surface area contributed by atoms with Crippen LogP contribution in [0.3, 0.4) is 0 Å². The summed E-state index contributed by atoms with van der Waals surface area (Å²) in [6.07, 6.45) is 1.56. The zero-order valence-corrected chi connectivity index (χ0v) is 8.80. The summed E-state index contributed by atoms with van der Waals surface area (Å²) in [6.45, 7) is 3.70. The molecule has 0 spiro atoms. The molecule has 0 aromatic heterocycles. The van der Waals surface area contributed by atoms with Gasteiger partial charge in [0.2, 0.25) is 0 Å². The predicted molar refractivity (Wildman–Crippen MR) is 56.3 cm³/mol. The first-order valence-corrected chi connectivity index (χ1v) is 4.81. The van der Waals surface area contributed by atoms with Crippen LogP contribution in [-0.2, 0) is 0 Å². The van der Waals surface area contributed by atoms with Gasteiger partial charge in [0.05, 0.1) is 6.61 Å². The van der Waals surface area contributed by atoms with Gasteiger partial charge in [-0.25, -0.2) is 8.78 Å². The first kappa shape index (κ1) is 11.9. The molecule has 0 aliphatic carbocycles. The van der Waals surface area contributed by atoms with Crippen molar-refractivity contribution in [3.8, 4) is 0 Å². The Kier molecular flexibility index (Phi) is 3.97. The quantitative estimate of drug-likeness (QED) is 0.816. The van der Waals surface area contributed by atoms with Crippen LogP contribution < -0.4 is 0 Å². The van der Waals surface area contributed by atoms with Gasteiger partial charge >= 0.3 is 0 Å². The molecule has 15 heavy (non-hydrogen) atoms. The van der Waals surface area contributed by atoms with Crippen LogP contribution in [0.5, 0.6) is 0 Å². The van der Waals surface area contributed by atoms with Gasteiger partial charge in [0.25, 0.3) is 0 Å². The Bertz CT molecular complexity index is 370.